The molecule has 24 heavy (non-hydrogen) atoms. The van der Waals surface area contributed by atoms with Crippen molar-refractivity contribution in [1.82, 2.24) is 0 Å². The summed E-state index contributed by atoms with van der Waals surface area (Å²) in [6.45, 7) is 5.72. The number of hydrogen-bond acceptors (Lipinski definition) is 2. The average molecular weight is 322 g/mol. The van der Waals surface area contributed by atoms with Crippen molar-refractivity contribution in [1.29, 1.82) is 0 Å². The molecule has 2 aromatic carbocycles. The molecule has 2 nitrogen and oxygen atoms in total. The Labute approximate surface area is 145 Å². The predicted molar refractivity (Wildman–Crippen MR) is 97.7 cm³/mol. The van der Waals surface area contributed by atoms with Crippen LogP contribution in [0.3, 0.4) is 0 Å². The third kappa shape index (κ3) is 4.34. The molecular formula is C22H26O2. The summed E-state index contributed by atoms with van der Waals surface area (Å²) in [5.41, 5.74) is 2.38. The van der Waals surface area contributed by atoms with Crippen molar-refractivity contribution in [2.24, 2.45) is 5.41 Å². The summed E-state index contributed by atoms with van der Waals surface area (Å²) in [6, 6.07) is 20.8. The Morgan fingerprint density at radius 2 is 1.67 bits per heavy atom. The molecule has 1 aliphatic rings. The summed E-state index contributed by atoms with van der Waals surface area (Å²) >= 11 is 0. The third-order valence-corrected chi connectivity index (χ3v) is 4.50. The maximum Gasteiger partial charge on any atom is 0.0867 e. The van der Waals surface area contributed by atoms with Crippen molar-refractivity contribution in [3.8, 4) is 0 Å². The Kier molecular flexibility index (Phi) is 5.49. The average Bonchev–Trinajstić information content (AvgIpc) is 2.63. The van der Waals surface area contributed by atoms with E-state index in [1.165, 1.54) is 11.1 Å². The van der Waals surface area contributed by atoms with Gasteiger partial charge in [-0.3, -0.25) is 0 Å². The first kappa shape index (κ1) is 16.9. The van der Waals surface area contributed by atoms with Gasteiger partial charge in [-0.25, -0.2) is 0 Å². The first-order valence-electron chi connectivity index (χ1n) is 8.64. The molecule has 3 rings (SSSR count). The van der Waals surface area contributed by atoms with Crippen LogP contribution in [0.5, 0.6) is 0 Å². The minimum absolute atomic E-state index is 0.0622. The molecule has 1 aliphatic heterocycles. The van der Waals surface area contributed by atoms with Crippen molar-refractivity contribution in [2.45, 2.75) is 39.1 Å². The Balaban J connectivity index is 1.57. The van der Waals surface area contributed by atoms with Crippen molar-refractivity contribution in [3.63, 3.8) is 0 Å². The molecule has 0 amide bonds. The SMILES string of the molecule is CC(C)(COCc1ccccc1)[C@H]1C=CC[C@@H](c2ccccc2)O1. The van der Waals surface area contributed by atoms with E-state index in [2.05, 4.69) is 62.4 Å². The maximum atomic E-state index is 6.37. The Bertz CT molecular complexity index is 646. The molecule has 0 fully saturated rings. The van der Waals surface area contributed by atoms with E-state index >= 15 is 0 Å². The molecule has 0 aliphatic carbocycles. The van der Waals surface area contributed by atoms with Gasteiger partial charge in [0.2, 0.25) is 0 Å². The van der Waals surface area contributed by atoms with Gasteiger partial charge in [-0.2, -0.15) is 0 Å². The fourth-order valence-electron chi connectivity index (χ4n) is 3.02. The van der Waals surface area contributed by atoms with E-state index in [1.807, 2.05) is 24.3 Å². The van der Waals surface area contributed by atoms with Gasteiger partial charge in [-0.1, -0.05) is 86.7 Å². The van der Waals surface area contributed by atoms with Crippen LogP contribution in [0, 0.1) is 5.41 Å². The van der Waals surface area contributed by atoms with E-state index in [0.717, 1.165) is 6.42 Å². The zero-order valence-corrected chi connectivity index (χ0v) is 14.5. The van der Waals surface area contributed by atoms with Crippen LogP contribution in [-0.4, -0.2) is 12.7 Å². The number of hydrogen-bond donors (Lipinski definition) is 0. The summed E-state index contributed by atoms with van der Waals surface area (Å²) in [5.74, 6) is 0. The number of ether oxygens (including phenoxy) is 2. The molecule has 0 bridgehead atoms. The highest BCUT2D eigenvalue weighted by molar-refractivity contribution is 5.20. The van der Waals surface area contributed by atoms with E-state index in [9.17, 15) is 0 Å². The lowest BCUT2D eigenvalue weighted by Gasteiger charge is -2.37. The molecule has 0 spiro atoms. The van der Waals surface area contributed by atoms with E-state index in [4.69, 9.17) is 9.47 Å². The number of rotatable bonds is 6. The van der Waals surface area contributed by atoms with Gasteiger partial charge in [0, 0.05) is 5.41 Å². The highest BCUT2D eigenvalue weighted by Crippen LogP contribution is 2.35. The van der Waals surface area contributed by atoms with E-state index < -0.39 is 0 Å². The molecule has 2 heteroatoms. The van der Waals surface area contributed by atoms with Crippen molar-refractivity contribution < 1.29 is 9.47 Å². The standard InChI is InChI=1S/C22H26O2/c1-22(2,17-23-16-18-10-5-3-6-11-18)21-15-9-14-20(24-21)19-12-7-4-8-13-19/h3-13,15,20-21H,14,16-17H2,1-2H3/t20-,21+/m0/s1. The minimum Gasteiger partial charge on any atom is -0.376 e. The van der Waals surface area contributed by atoms with Crippen molar-refractivity contribution in [3.05, 3.63) is 83.9 Å². The van der Waals surface area contributed by atoms with Gasteiger partial charge in [-0.05, 0) is 17.5 Å². The molecule has 0 saturated carbocycles. The highest BCUT2D eigenvalue weighted by Gasteiger charge is 2.33. The number of benzene rings is 2. The first-order chi connectivity index (χ1) is 11.6. The quantitative estimate of drug-likeness (QED) is 0.670. The second kappa shape index (κ2) is 7.78. The van der Waals surface area contributed by atoms with Crippen molar-refractivity contribution >= 4 is 0 Å². The van der Waals surface area contributed by atoms with E-state index in [1.54, 1.807) is 0 Å². The molecule has 1 heterocycles. The highest BCUT2D eigenvalue weighted by atomic mass is 16.5. The fourth-order valence-corrected chi connectivity index (χ4v) is 3.02. The topological polar surface area (TPSA) is 18.5 Å². The van der Waals surface area contributed by atoms with Crippen LogP contribution in [-0.2, 0) is 16.1 Å². The van der Waals surface area contributed by atoms with Gasteiger partial charge < -0.3 is 9.47 Å². The lowest BCUT2D eigenvalue weighted by atomic mass is 9.85. The smallest absolute Gasteiger partial charge is 0.0867 e. The largest absolute Gasteiger partial charge is 0.376 e. The molecule has 2 atom stereocenters. The lowest BCUT2D eigenvalue weighted by Crippen LogP contribution is -2.37. The molecule has 0 unspecified atom stereocenters. The summed E-state index contributed by atoms with van der Waals surface area (Å²) in [5, 5.41) is 0. The Hall–Kier alpha value is -1.90. The summed E-state index contributed by atoms with van der Waals surface area (Å²) in [4.78, 5) is 0. The second-order valence-electron chi connectivity index (χ2n) is 7.09. The van der Waals surface area contributed by atoms with Crippen LogP contribution >= 0.6 is 0 Å². The second-order valence-corrected chi connectivity index (χ2v) is 7.09. The zero-order valence-electron chi connectivity index (χ0n) is 14.5. The molecule has 0 saturated heterocycles. The lowest BCUT2D eigenvalue weighted by molar-refractivity contribution is -0.0838. The monoisotopic (exact) mass is 322 g/mol. The van der Waals surface area contributed by atoms with Gasteiger partial charge in [0.15, 0.2) is 0 Å². The third-order valence-electron chi connectivity index (χ3n) is 4.50. The summed E-state index contributed by atoms with van der Waals surface area (Å²) in [7, 11) is 0. The summed E-state index contributed by atoms with van der Waals surface area (Å²) < 4.78 is 12.3. The van der Waals surface area contributed by atoms with Crippen LogP contribution in [0.1, 0.15) is 37.5 Å². The minimum atomic E-state index is -0.0707. The van der Waals surface area contributed by atoms with Gasteiger partial charge in [-0.15, -0.1) is 0 Å². The van der Waals surface area contributed by atoms with Crippen LogP contribution in [0.15, 0.2) is 72.8 Å². The Morgan fingerprint density at radius 1 is 1.00 bits per heavy atom. The normalized spacial score (nSPS) is 20.9. The van der Waals surface area contributed by atoms with Crippen LogP contribution in [0.25, 0.3) is 0 Å². The van der Waals surface area contributed by atoms with Crippen LogP contribution in [0.2, 0.25) is 0 Å². The maximum absolute atomic E-state index is 6.37. The van der Waals surface area contributed by atoms with Crippen molar-refractivity contribution in [2.75, 3.05) is 6.61 Å². The van der Waals surface area contributed by atoms with Gasteiger partial charge >= 0.3 is 0 Å². The summed E-state index contributed by atoms with van der Waals surface area (Å²) in [6.07, 6.45) is 5.55. The molecule has 0 N–H and O–H groups in total. The molecule has 126 valence electrons. The fraction of sp³-hybridized carbons (Fsp3) is 0.364. The van der Waals surface area contributed by atoms with E-state index in [0.29, 0.717) is 13.2 Å². The predicted octanol–water partition coefficient (Wildman–Crippen LogP) is 5.32. The first-order valence-corrected chi connectivity index (χ1v) is 8.64. The zero-order chi connectivity index (χ0) is 16.8. The molecule has 2 aromatic rings. The van der Waals surface area contributed by atoms with Crippen LogP contribution in [0.4, 0.5) is 0 Å². The van der Waals surface area contributed by atoms with Gasteiger partial charge in [0.25, 0.3) is 0 Å². The molecular weight excluding hydrogens is 296 g/mol. The van der Waals surface area contributed by atoms with Gasteiger partial charge in [0.1, 0.15) is 0 Å². The van der Waals surface area contributed by atoms with Gasteiger partial charge in [0.05, 0.1) is 25.4 Å². The molecule has 0 aromatic heterocycles. The Morgan fingerprint density at radius 3 is 2.38 bits per heavy atom. The van der Waals surface area contributed by atoms with E-state index in [-0.39, 0.29) is 17.6 Å². The molecule has 0 radical (unpaired) electrons. The van der Waals surface area contributed by atoms with Crippen LogP contribution < -0.4 is 0 Å².